The van der Waals surface area contributed by atoms with Gasteiger partial charge in [-0.1, -0.05) is 30.3 Å². The summed E-state index contributed by atoms with van der Waals surface area (Å²) in [5.41, 5.74) is 2.38. The molecule has 154 valence electrons. The summed E-state index contributed by atoms with van der Waals surface area (Å²) in [6.45, 7) is 3.15. The Balaban J connectivity index is 1.43. The molecule has 2 saturated heterocycles. The number of carbonyl (C=O) groups excluding carboxylic acids is 1. The molecule has 29 heavy (non-hydrogen) atoms. The summed E-state index contributed by atoms with van der Waals surface area (Å²) in [5, 5.41) is 3.07. The lowest BCUT2D eigenvalue weighted by Gasteiger charge is -2.28. The van der Waals surface area contributed by atoms with Gasteiger partial charge in [-0.15, -0.1) is 0 Å². The molecule has 4 rings (SSSR count). The molecule has 1 amide bonds. The first-order valence-electron chi connectivity index (χ1n) is 10.2. The summed E-state index contributed by atoms with van der Waals surface area (Å²) in [5.74, 6) is 0.0491. The van der Waals surface area contributed by atoms with E-state index in [0.29, 0.717) is 30.8 Å². The predicted octanol–water partition coefficient (Wildman–Crippen LogP) is 2.79. The van der Waals surface area contributed by atoms with Crippen LogP contribution in [0.2, 0.25) is 0 Å². The van der Waals surface area contributed by atoms with E-state index in [1.54, 1.807) is 24.3 Å². The third kappa shape index (κ3) is 4.46. The van der Waals surface area contributed by atoms with Crippen molar-refractivity contribution in [2.45, 2.75) is 25.3 Å². The van der Waals surface area contributed by atoms with E-state index in [9.17, 15) is 13.2 Å². The van der Waals surface area contributed by atoms with Gasteiger partial charge in [0.15, 0.2) is 0 Å². The van der Waals surface area contributed by atoms with E-state index in [0.717, 1.165) is 13.1 Å². The lowest BCUT2D eigenvalue weighted by Crippen LogP contribution is -2.36. The quantitative estimate of drug-likeness (QED) is 0.791. The summed E-state index contributed by atoms with van der Waals surface area (Å²) >= 11 is 0. The van der Waals surface area contributed by atoms with E-state index in [4.69, 9.17) is 0 Å². The van der Waals surface area contributed by atoms with Crippen molar-refractivity contribution < 1.29 is 13.2 Å². The average molecular weight is 414 g/mol. The Kier molecular flexibility index (Phi) is 5.87. The summed E-state index contributed by atoms with van der Waals surface area (Å²) in [6.07, 6.45) is 3.03. The number of anilines is 1. The van der Waals surface area contributed by atoms with Gasteiger partial charge in [-0.2, -0.15) is 0 Å². The number of nitrogens with one attached hydrogen (secondary N) is 1. The van der Waals surface area contributed by atoms with Crippen LogP contribution >= 0.6 is 0 Å². The molecule has 2 aromatic rings. The summed E-state index contributed by atoms with van der Waals surface area (Å²) in [7, 11) is -3.21. The maximum atomic E-state index is 12.7. The van der Waals surface area contributed by atoms with E-state index in [1.807, 2.05) is 18.2 Å². The highest BCUT2D eigenvalue weighted by Gasteiger charge is 2.28. The topological polar surface area (TPSA) is 69.7 Å². The molecule has 1 unspecified atom stereocenters. The van der Waals surface area contributed by atoms with Gasteiger partial charge in [0.2, 0.25) is 10.0 Å². The normalized spacial score (nSPS) is 19.9. The van der Waals surface area contributed by atoms with Crippen LogP contribution in [0.1, 0.15) is 41.2 Å². The minimum absolute atomic E-state index is 0.138. The Hall–Kier alpha value is -2.38. The molecule has 7 heteroatoms. The molecule has 2 aliphatic heterocycles. The zero-order valence-corrected chi connectivity index (χ0v) is 17.3. The van der Waals surface area contributed by atoms with Gasteiger partial charge in [-0.05, 0) is 62.2 Å². The number of hydrogen-bond acceptors (Lipinski definition) is 4. The second-order valence-electron chi connectivity index (χ2n) is 7.67. The maximum Gasteiger partial charge on any atom is 0.251 e. The highest BCUT2D eigenvalue weighted by atomic mass is 32.2. The van der Waals surface area contributed by atoms with Gasteiger partial charge < -0.3 is 5.32 Å². The number of carbonyl (C=O) groups is 1. The van der Waals surface area contributed by atoms with Crippen molar-refractivity contribution in [1.29, 1.82) is 0 Å². The van der Waals surface area contributed by atoms with Crippen molar-refractivity contribution in [3.63, 3.8) is 0 Å². The van der Waals surface area contributed by atoms with Crippen molar-refractivity contribution in [1.82, 2.24) is 10.2 Å². The minimum Gasteiger partial charge on any atom is -0.350 e. The SMILES string of the molecule is O=C(NCC(c1ccccc1)N1CCCC1)c1ccc(N2CCCS2(=O)=O)cc1. The highest BCUT2D eigenvalue weighted by molar-refractivity contribution is 7.93. The lowest BCUT2D eigenvalue weighted by atomic mass is 10.1. The van der Waals surface area contributed by atoms with Crippen molar-refractivity contribution >= 4 is 21.6 Å². The fourth-order valence-electron chi connectivity index (χ4n) is 4.19. The van der Waals surface area contributed by atoms with Crippen LogP contribution < -0.4 is 9.62 Å². The summed E-state index contributed by atoms with van der Waals surface area (Å²) < 4.78 is 25.5. The minimum atomic E-state index is -3.21. The lowest BCUT2D eigenvalue weighted by molar-refractivity contribution is 0.0938. The monoisotopic (exact) mass is 413 g/mol. The standard InChI is InChI=1S/C22H27N3O3S/c26-22(19-9-11-20(12-10-19)25-15-6-16-29(25,27)28)23-17-21(24-13-4-5-14-24)18-7-2-1-3-8-18/h1-3,7-12,21H,4-6,13-17H2,(H,23,26). The molecule has 0 aliphatic carbocycles. The first-order valence-corrected chi connectivity index (χ1v) is 11.8. The zero-order chi connectivity index (χ0) is 20.3. The number of sulfonamides is 1. The van der Waals surface area contributed by atoms with E-state index in [2.05, 4.69) is 22.3 Å². The largest absolute Gasteiger partial charge is 0.350 e. The third-order valence-corrected chi connectivity index (χ3v) is 7.61. The van der Waals surface area contributed by atoms with Crippen molar-refractivity contribution in [3.05, 3.63) is 65.7 Å². The number of likely N-dealkylation sites (tertiary alicyclic amines) is 1. The molecule has 2 fully saturated rings. The van der Waals surface area contributed by atoms with Crippen molar-refractivity contribution in [2.24, 2.45) is 0 Å². The van der Waals surface area contributed by atoms with Gasteiger partial charge in [0.25, 0.3) is 5.91 Å². The third-order valence-electron chi connectivity index (χ3n) is 5.74. The smallest absolute Gasteiger partial charge is 0.251 e. The summed E-state index contributed by atoms with van der Waals surface area (Å²) in [6, 6.07) is 17.3. The molecule has 2 aromatic carbocycles. The molecule has 0 saturated carbocycles. The van der Waals surface area contributed by atoms with Crippen LogP contribution in [0.3, 0.4) is 0 Å². The second kappa shape index (κ2) is 8.55. The van der Waals surface area contributed by atoms with Gasteiger partial charge in [0.1, 0.15) is 0 Å². The fourth-order valence-corrected chi connectivity index (χ4v) is 5.75. The molecule has 0 bridgehead atoms. The van der Waals surface area contributed by atoms with Crippen LogP contribution in [-0.2, 0) is 10.0 Å². The van der Waals surface area contributed by atoms with Gasteiger partial charge in [-0.25, -0.2) is 8.42 Å². The van der Waals surface area contributed by atoms with E-state index in [-0.39, 0.29) is 17.7 Å². The molecule has 6 nitrogen and oxygen atoms in total. The van der Waals surface area contributed by atoms with Crippen LogP contribution in [0.5, 0.6) is 0 Å². The van der Waals surface area contributed by atoms with Gasteiger partial charge in [0, 0.05) is 18.7 Å². The molecule has 2 heterocycles. The molecule has 1 N–H and O–H groups in total. The predicted molar refractivity (Wildman–Crippen MR) is 115 cm³/mol. The Labute approximate surface area is 172 Å². The number of amides is 1. The maximum absolute atomic E-state index is 12.7. The highest BCUT2D eigenvalue weighted by Crippen LogP contribution is 2.26. The zero-order valence-electron chi connectivity index (χ0n) is 16.5. The summed E-state index contributed by atoms with van der Waals surface area (Å²) in [4.78, 5) is 15.1. The molecule has 1 atom stereocenters. The first kappa shape index (κ1) is 19.9. The number of benzene rings is 2. The van der Waals surface area contributed by atoms with Crippen molar-refractivity contribution in [3.8, 4) is 0 Å². The Bertz CT molecular complexity index is 939. The molecule has 0 radical (unpaired) electrons. The fraction of sp³-hybridized carbons (Fsp3) is 0.409. The van der Waals surface area contributed by atoms with Crippen molar-refractivity contribution in [2.75, 3.05) is 36.2 Å². The van der Waals surface area contributed by atoms with Crippen LogP contribution in [-0.4, -0.2) is 51.2 Å². The molecule has 2 aliphatic rings. The van der Waals surface area contributed by atoms with Crippen LogP contribution in [0.4, 0.5) is 5.69 Å². The Morgan fingerprint density at radius 3 is 2.24 bits per heavy atom. The van der Waals surface area contributed by atoms with Gasteiger partial charge >= 0.3 is 0 Å². The first-order chi connectivity index (χ1) is 14.0. The Morgan fingerprint density at radius 2 is 1.62 bits per heavy atom. The van der Waals surface area contributed by atoms with Crippen LogP contribution in [0, 0.1) is 0 Å². The van der Waals surface area contributed by atoms with Gasteiger partial charge in [-0.3, -0.25) is 14.0 Å². The number of nitrogens with zero attached hydrogens (tertiary/aromatic N) is 2. The van der Waals surface area contributed by atoms with E-state index in [1.165, 1.54) is 22.7 Å². The van der Waals surface area contributed by atoms with Gasteiger partial charge in [0.05, 0.1) is 17.5 Å². The van der Waals surface area contributed by atoms with E-state index >= 15 is 0 Å². The van der Waals surface area contributed by atoms with Crippen LogP contribution in [0.15, 0.2) is 54.6 Å². The molecular formula is C22H27N3O3S. The van der Waals surface area contributed by atoms with E-state index < -0.39 is 10.0 Å². The Morgan fingerprint density at radius 1 is 0.931 bits per heavy atom. The molecular weight excluding hydrogens is 386 g/mol. The van der Waals surface area contributed by atoms with Crippen LogP contribution in [0.25, 0.3) is 0 Å². The number of hydrogen-bond donors (Lipinski definition) is 1. The second-order valence-corrected chi connectivity index (χ2v) is 9.68. The molecule has 0 spiro atoms. The molecule has 0 aromatic heterocycles. The number of rotatable bonds is 6. The average Bonchev–Trinajstić information content (AvgIpc) is 3.38.